The van der Waals surface area contributed by atoms with Crippen LogP contribution in [0.25, 0.3) is 0 Å². The fourth-order valence-corrected chi connectivity index (χ4v) is 3.06. The third kappa shape index (κ3) is 6.93. The summed E-state index contributed by atoms with van der Waals surface area (Å²) in [5, 5.41) is 2.97. The van der Waals surface area contributed by atoms with E-state index in [2.05, 4.69) is 5.32 Å². The first-order valence-corrected chi connectivity index (χ1v) is 10.2. The Balaban J connectivity index is 2.19. The molecule has 0 spiro atoms. The van der Waals surface area contributed by atoms with Crippen molar-refractivity contribution in [1.29, 1.82) is 0 Å². The number of hydrogen-bond acceptors (Lipinski definition) is 3. The lowest BCUT2D eigenvalue weighted by atomic mass is 10.1. The Hall–Kier alpha value is -2.82. The van der Waals surface area contributed by atoms with Crippen molar-refractivity contribution in [3.8, 4) is 5.75 Å². The molecular formula is C24H32N2O3. The van der Waals surface area contributed by atoms with Crippen LogP contribution < -0.4 is 10.1 Å². The van der Waals surface area contributed by atoms with Crippen LogP contribution >= 0.6 is 0 Å². The van der Waals surface area contributed by atoms with Crippen LogP contribution in [-0.2, 0) is 16.1 Å². The Labute approximate surface area is 174 Å². The van der Waals surface area contributed by atoms with E-state index in [1.54, 1.807) is 4.90 Å². The molecule has 2 rings (SSSR count). The lowest BCUT2D eigenvalue weighted by Gasteiger charge is -2.31. The molecule has 0 aliphatic carbocycles. The van der Waals surface area contributed by atoms with Gasteiger partial charge in [-0.25, -0.2) is 0 Å². The minimum absolute atomic E-state index is 0.107. The van der Waals surface area contributed by atoms with Crippen molar-refractivity contribution < 1.29 is 14.3 Å². The molecule has 29 heavy (non-hydrogen) atoms. The maximum atomic E-state index is 13.1. The van der Waals surface area contributed by atoms with Gasteiger partial charge in [-0.15, -0.1) is 0 Å². The Morgan fingerprint density at radius 3 is 2.31 bits per heavy atom. The lowest BCUT2D eigenvalue weighted by Crippen LogP contribution is -2.50. The number of ether oxygens (including phenoxy) is 1. The van der Waals surface area contributed by atoms with Crippen molar-refractivity contribution in [2.45, 2.75) is 46.7 Å². The minimum Gasteiger partial charge on any atom is -0.484 e. The zero-order chi connectivity index (χ0) is 21.2. The highest BCUT2D eigenvalue weighted by Gasteiger charge is 2.29. The monoisotopic (exact) mass is 396 g/mol. The summed E-state index contributed by atoms with van der Waals surface area (Å²) in [4.78, 5) is 27.6. The van der Waals surface area contributed by atoms with Gasteiger partial charge in [-0.1, -0.05) is 63.2 Å². The Kier molecular flexibility index (Phi) is 8.71. The number of hydrogen-bond donors (Lipinski definition) is 1. The van der Waals surface area contributed by atoms with Gasteiger partial charge >= 0.3 is 0 Å². The number of amides is 2. The quantitative estimate of drug-likeness (QED) is 0.661. The summed E-state index contributed by atoms with van der Waals surface area (Å²) in [7, 11) is 0. The Morgan fingerprint density at radius 2 is 1.69 bits per heavy atom. The lowest BCUT2D eigenvalue weighted by molar-refractivity contribution is -0.143. The summed E-state index contributed by atoms with van der Waals surface area (Å²) >= 11 is 0. The predicted octanol–water partition coefficient (Wildman–Crippen LogP) is 3.95. The van der Waals surface area contributed by atoms with Crippen molar-refractivity contribution in [3.05, 3.63) is 65.7 Å². The summed E-state index contributed by atoms with van der Waals surface area (Å²) in [6.45, 7) is 8.88. The van der Waals surface area contributed by atoms with Gasteiger partial charge in [-0.2, -0.15) is 0 Å². The fourth-order valence-electron chi connectivity index (χ4n) is 3.06. The van der Waals surface area contributed by atoms with Crippen molar-refractivity contribution in [2.24, 2.45) is 5.92 Å². The summed E-state index contributed by atoms with van der Waals surface area (Å²) in [5.41, 5.74) is 2.11. The van der Waals surface area contributed by atoms with Crippen LogP contribution in [0, 0.1) is 12.8 Å². The molecule has 1 atom stereocenters. The second kappa shape index (κ2) is 11.2. The third-order valence-corrected chi connectivity index (χ3v) is 4.78. The normalized spacial score (nSPS) is 11.8. The second-order valence-corrected chi connectivity index (χ2v) is 7.61. The number of rotatable bonds is 10. The standard InChI is InChI=1S/C24H32N2O3/c1-5-22(24(28)25-15-18(2)3)26(16-20-12-10-9-11-19(20)4)23(27)17-29-21-13-7-6-8-14-21/h6-14,18,22H,5,15-17H2,1-4H3,(H,25,28)/t22-/m1/s1. The Bertz CT molecular complexity index is 790. The van der Waals surface area contributed by atoms with Crippen LogP contribution in [0.2, 0.25) is 0 Å². The highest BCUT2D eigenvalue weighted by Crippen LogP contribution is 2.16. The molecule has 5 heteroatoms. The van der Waals surface area contributed by atoms with Crippen LogP contribution in [0.5, 0.6) is 5.75 Å². The molecule has 5 nitrogen and oxygen atoms in total. The van der Waals surface area contributed by atoms with Gasteiger partial charge in [0, 0.05) is 13.1 Å². The topological polar surface area (TPSA) is 58.6 Å². The van der Waals surface area contributed by atoms with Crippen LogP contribution in [0.1, 0.15) is 38.3 Å². The molecule has 0 heterocycles. The van der Waals surface area contributed by atoms with Crippen LogP contribution in [0.15, 0.2) is 54.6 Å². The molecule has 2 aromatic carbocycles. The summed E-state index contributed by atoms with van der Waals surface area (Å²) in [5.74, 6) is 0.652. The molecule has 1 N–H and O–H groups in total. The highest BCUT2D eigenvalue weighted by atomic mass is 16.5. The van der Waals surface area contributed by atoms with Gasteiger partial charge in [0.05, 0.1) is 0 Å². The molecule has 0 aliphatic rings. The van der Waals surface area contributed by atoms with Gasteiger partial charge in [0.25, 0.3) is 5.91 Å². The molecule has 0 aromatic heterocycles. The van der Waals surface area contributed by atoms with Crippen LogP contribution in [0.3, 0.4) is 0 Å². The smallest absolute Gasteiger partial charge is 0.261 e. The van der Waals surface area contributed by atoms with Crippen LogP contribution in [-0.4, -0.2) is 35.9 Å². The first-order valence-electron chi connectivity index (χ1n) is 10.2. The Morgan fingerprint density at radius 1 is 1.03 bits per heavy atom. The van der Waals surface area contributed by atoms with E-state index in [9.17, 15) is 9.59 Å². The third-order valence-electron chi connectivity index (χ3n) is 4.78. The molecule has 2 aromatic rings. The summed E-state index contributed by atoms with van der Waals surface area (Å²) < 4.78 is 5.67. The van der Waals surface area contributed by atoms with E-state index < -0.39 is 6.04 Å². The number of carbonyl (C=O) groups is 2. The maximum Gasteiger partial charge on any atom is 0.261 e. The van der Waals surface area contributed by atoms with E-state index in [0.717, 1.165) is 11.1 Å². The molecule has 0 saturated heterocycles. The van der Waals surface area contributed by atoms with Crippen molar-refractivity contribution in [1.82, 2.24) is 10.2 Å². The van der Waals surface area contributed by atoms with Crippen molar-refractivity contribution in [2.75, 3.05) is 13.2 Å². The zero-order valence-corrected chi connectivity index (χ0v) is 17.9. The zero-order valence-electron chi connectivity index (χ0n) is 17.9. The highest BCUT2D eigenvalue weighted by molar-refractivity contribution is 5.88. The van der Waals surface area contributed by atoms with E-state index in [0.29, 0.717) is 31.2 Å². The first-order chi connectivity index (χ1) is 13.9. The van der Waals surface area contributed by atoms with Crippen molar-refractivity contribution >= 4 is 11.8 Å². The maximum absolute atomic E-state index is 13.1. The molecule has 0 unspecified atom stereocenters. The average Bonchev–Trinajstić information content (AvgIpc) is 2.72. The number of aryl methyl sites for hydroxylation is 1. The predicted molar refractivity (Wildman–Crippen MR) is 116 cm³/mol. The summed E-state index contributed by atoms with van der Waals surface area (Å²) in [6, 6.07) is 16.6. The second-order valence-electron chi connectivity index (χ2n) is 7.61. The largest absolute Gasteiger partial charge is 0.484 e. The molecule has 0 saturated carbocycles. The summed E-state index contributed by atoms with van der Waals surface area (Å²) in [6.07, 6.45) is 0.535. The van der Waals surface area contributed by atoms with Gasteiger partial charge < -0.3 is 15.0 Å². The van der Waals surface area contributed by atoms with E-state index in [-0.39, 0.29) is 18.4 Å². The number of nitrogens with one attached hydrogen (secondary N) is 1. The molecular weight excluding hydrogens is 364 g/mol. The fraction of sp³-hybridized carbons (Fsp3) is 0.417. The number of carbonyl (C=O) groups excluding carboxylic acids is 2. The molecule has 0 bridgehead atoms. The van der Waals surface area contributed by atoms with Gasteiger partial charge in [-0.3, -0.25) is 9.59 Å². The van der Waals surface area contributed by atoms with E-state index in [4.69, 9.17) is 4.74 Å². The van der Waals surface area contributed by atoms with Gasteiger partial charge in [0.2, 0.25) is 5.91 Å². The molecule has 2 amide bonds. The molecule has 0 fully saturated rings. The van der Waals surface area contributed by atoms with Gasteiger partial charge in [0.1, 0.15) is 11.8 Å². The molecule has 0 aliphatic heterocycles. The number of benzene rings is 2. The molecule has 0 radical (unpaired) electrons. The van der Waals surface area contributed by atoms with Gasteiger partial charge in [0.15, 0.2) is 6.61 Å². The van der Waals surface area contributed by atoms with E-state index in [1.165, 1.54) is 0 Å². The van der Waals surface area contributed by atoms with E-state index >= 15 is 0 Å². The average molecular weight is 397 g/mol. The minimum atomic E-state index is -0.541. The number of para-hydroxylation sites is 1. The molecule has 156 valence electrons. The van der Waals surface area contributed by atoms with E-state index in [1.807, 2.05) is 82.3 Å². The van der Waals surface area contributed by atoms with Gasteiger partial charge in [-0.05, 0) is 42.5 Å². The SMILES string of the molecule is CC[C@H](C(=O)NCC(C)C)N(Cc1ccccc1C)C(=O)COc1ccccc1. The van der Waals surface area contributed by atoms with Crippen molar-refractivity contribution in [3.63, 3.8) is 0 Å². The number of nitrogens with zero attached hydrogens (tertiary/aromatic N) is 1. The first kappa shape index (κ1) is 22.5. The van der Waals surface area contributed by atoms with Crippen LogP contribution in [0.4, 0.5) is 0 Å².